The maximum Gasteiger partial charge on any atom is 0.226 e. The van der Waals surface area contributed by atoms with Gasteiger partial charge in [-0.3, -0.25) is 4.79 Å². The van der Waals surface area contributed by atoms with Gasteiger partial charge in [-0.15, -0.1) is 11.3 Å². The third-order valence-electron chi connectivity index (χ3n) is 4.86. The van der Waals surface area contributed by atoms with Gasteiger partial charge in [-0.1, -0.05) is 84.4 Å². The highest BCUT2D eigenvalue weighted by atomic mass is 35.5. The minimum absolute atomic E-state index is 0.0632. The lowest BCUT2D eigenvalue weighted by atomic mass is 10.1. The van der Waals surface area contributed by atoms with Crippen LogP contribution in [-0.2, 0) is 35.7 Å². The monoisotopic (exact) mass is 462 g/mol. The predicted octanol–water partition coefficient (Wildman–Crippen LogP) is 6.04. The van der Waals surface area contributed by atoms with Crippen LogP contribution in [0.25, 0.3) is 10.6 Å². The van der Waals surface area contributed by atoms with Crippen molar-refractivity contribution in [2.45, 2.75) is 26.2 Å². The summed E-state index contributed by atoms with van der Waals surface area (Å²) < 4.78 is 5.81. The molecule has 0 fully saturated rings. The molecule has 0 saturated heterocycles. The first-order valence-corrected chi connectivity index (χ1v) is 11.6. The second-order valence-electron chi connectivity index (χ2n) is 7.38. The van der Waals surface area contributed by atoms with Gasteiger partial charge in [0, 0.05) is 17.5 Å². The molecule has 1 amide bonds. The van der Waals surface area contributed by atoms with Gasteiger partial charge in [-0.25, -0.2) is 4.98 Å². The Hall–Kier alpha value is -2.99. The Kier molecular flexibility index (Phi) is 7.67. The number of nitrogens with one attached hydrogen (secondary N) is 1. The van der Waals surface area contributed by atoms with E-state index in [0.717, 1.165) is 33.0 Å². The van der Waals surface area contributed by atoms with Crippen LogP contribution in [0.3, 0.4) is 0 Å². The smallest absolute Gasteiger partial charge is 0.226 e. The van der Waals surface area contributed by atoms with Crippen LogP contribution in [0, 0.1) is 0 Å². The van der Waals surface area contributed by atoms with E-state index in [4.69, 9.17) is 16.3 Å². The normalized spacial score (nSPS) is 10.8. The molecule has 3 aromatic carbocycles. The molecule has 0 bridgehead atoms. The predicted molar refractivity (Wildman–Crippen MR) is 129 cm³/mol. The van der Waals surface area contributed by atoms with E-state index in [1.54, 1.807) is 0 Å². The highest BCUT2D eigenvalue weighted by Gasteiger charge is 2.11. The minimum Gasteiger partial charge on any atom is -0.372 e. The molecule has 0 aliphatic rings. The summed E-state index contributed by atoms with van der Waals surface area (Å²) in [6, 6.07) is 25.8. The Balaban J connectivity index is 1.26. The van der Waals surface area contributed by atoms with Crippen LogP contribution in [0.1, 0.15) is 22.4 Å². The van der Waals surface area contributed by atoms with Gasteiger partial charge in [0.25, 0.3) is 0 Å². The van der Waals surface area contributed by atoms with Crippen LogP contribution in [0.5, 0.6) is 0 Å². The SMILES string of the molecule is O=C(Cc1csc(-c2ccccc2Cl)n1)NCc1cccc(COCc2ccccc2)c1. The Labute approximate surface area is 196 Å². The lowest BCUT2D eigenvalue weighted by molar-refractivity contribution is -0.120. The van der Waals surface area contributed by atoms with Gasteiger partial charge in [-0.2, -0.15) is 0 Å². The van der Waals surface area contributed by atoms with Crippen molar-refractivity contribution in [2.24, 2.45) is 0 Å². The minimum atomic E-state index is -0.0632. The Bertz CT molecular complexity index is 1180. The highest BCUT2D eigenvalue weighted by Crippen LogP contribution is 2.30. The molecule has 0 aliphatic heterocycles. The van der Waals surface area contributed by atoms with E-state index >= 15 is 0 Å². The van der Waals surface area contributed by atoms with Crippen molar-refractivity contribution in [3.8, 4) is 10.6 Å². The maximum absolute atomic E-state index is 12.4. The molecule has 32 heavy (non-hydrogen) atoms. The number of nitrogens with zero attached hydrogens (tertiary/aromatic N) is 1. The topological polar surface area (TPSA) is 51.2 Å². The molecule has 4 nitrogen and oxygen atoms in total. The maximum atomic E-state index is 12.4. The molecular formula is C26H23ClN2O2S. The molecular weight excluding hydrogens is 440 g/mol. The summed E-state index contributed by atoms with van der Waals surface area (Å²) in [5, 5.41) is 6.36. The summed E-state index contributed by atoms with van der Waals surface area (Å²) >= 11 is 7.74. The molecule has 4 rings (SSSR count). The molecule has 6 heteroatoms. The van der Waals surface area contributed by atoms with Gasteiger partial charge in [0.2, 0.25) is 5.91 Å². The fourth-order valence-corrected chi connectivity index (χ4v) is 4.40. The number of hydrogen-bond acceptors (Lipinski definition) is 4. The molecule has 1 heterocycles. The van der Waals surface area contributed by atoms with E-state index < -0.39 is 0 Å². The number of carbonyl (C=O) groups is 1. The molecule has 1 N–H and O–H groups in total. The standard InChI is InChI=1S/C26H23ClN2O2S/c27-24-12-5-4-11-23(24)26-29-22(18-32-26)14-25(30)28-15-20-9-6-10-21(13-20)17-31-16-19-7-2-1-3-8-19/h1-13,18H,14-17H2,(H,28,30). The molecule has 1 aromatic heterocycles. The van der Waals surface area contributed by atoms with Crippen molar-refractivity contribution >= 4 is 28.8 Å². The number of hydrogen-bond donors (Lipinski definition) is 1. The molecule has 4 aromatic rings. The van der Waals surface area contributed by atoms with E-state index in [0.29, 0.717) is 24.8 Å². The van der Waals surface area contributed by atoms with E-state index in [1.165, 1.54) is 11.3 Å². The molecule has 162 valence electrons. The zero-order valence-corrected chi connectivity index (χ0v) is 19.0. The van der Waals surface area contributed by atoms with Crippen molar-refractivity contribution < 1.29 is 9.53 Å². The third kappa shape index (κ3) is 6.26. The summed E-state index contributed by atoms with van der Waals surface area (Å²) in [6.45, 7) is 1.57. The Morgan fingerprint density at radius 1 is 0.906 bits per heavy atom. The van der Waals surface area contributed by atoms with Crippen LogP contribution in [0.2, 0.25) is 5.02 Å². The number of aromatic nitrogens is 1. The summed E-state index contributed by atoms with van der Waals surface area (Å²) in [5.41, 5.74) is 4.89. The number of thiazole rings is 1. The number of halogens is 1. The highest BCUT2D eigenvalue weighted by molar-refractivity contribution is 7.13. The molecule has 0 aliphatic carbocycles. The number of carbonyl (C=O) groups excluding carboxylic acids is 1. The zero-order valence-electron chi connectivity index (χ0n) is 17.5. The van der Waals surface area contributed by atoms with Gasteiger partial charge in [0.05, 0.1) is 30.4 Å². The quantitative estimate of drug-likeness (QED) is 0.330. The second-order valence-corrected chi connectivity index (χ2v) is 8.64. The summed E-state index contributed by atoms with van der Waals surface area (Å²) in [7, 11) is 0. The molecule has 0 saturated carbocycles. The van der Waals surface area contributed by atoms with Gasteiger partial charge in [0.1, 0.15) is 5.01 Å². The number of rotatable bonds is 9. The average Bonchev–Trinajstić information content (AvgIpc) is 3.27. The summed E-state index contributed by atoms with van der Waals surface area (Å²) in [5.74, 6) is -0.0632. The van der Waals surface area contributed by atoms with Gasteiger partial charge >= 0.3 is 0 Å². The van der Waals surface area contributed by atoms with E-state index in [-0.39, 0.29) is 12.3 Å². The summed E-state index contributed by atoms with van der Waals surface area (Å²) in [6.07, 6.45) is 0.237. The van der Waals surface area contributed by atoms with Crippen LogP contribution in [0.4, 0.5) is 0 Å². The summed E-state index contributed by atoms with van der Waals surface area (Å²) in [4.78, 5) is 17.0. The van der Waals surface area contributed by atoms with Crippen molar-refractivity contribution in [1.82, 2.24) is 10.3 Å². The fraction of sp³-hybridized carbons (Fsp3) is 0.154. The Morgan fingerprint density at radius 3 is 2.47 bits per heavy atom. The van der Waals surface area contributed by atoms with Gasteiger partial charge < -0.3 is 10.1 Å². The van der Waals surface area contributed by atoms with Crippen molar-refractivity contribution in [2.75, 3.05) is 0 Å². The van der Waals surface area contributed by atoms with Crippen LogP contribution >= 0.6 is 22.9 Å². The lowest BCUT2D eigenvalue weighted by Crippen LogP contribution is -2.24. The van der Waals surface area contributed by atoms with Crippen molar-refractivity contribution in [3.63, 3.8) is 0 Å². The van der Waals surface area contributed by atoms with Crippen LogP contribution in [0.15, 0.2) is 84.2 Å². The Morgan fingerprint density at radius 2 is 1.62 bits per heavy atom. The second kappa shape index (κ2) is 11.0. The molecule has 0 spiro atoms. The molecule has 0 radical (unpaired) electrons. The first-order valence-electron chi connectivity index (χ1n) is 10.3. The van der Waals surface area contributed by atoms with Crippen LogP contribution < -0.4 is 5.32 Å². The van der Waals surface area contributed by atoms with E-state index in [2.05, 4.69) is 16.4 Å². The zero-order chi connectivity index (χ0) is 22.2. The number of amides is 1. The number of ether oxygens (including phenoxy) is 1. The fourth-order valence-electron chi connectivity index (χ4n) is 3.26. The molecule has 0 unspecified atom stereocenters. The first-order chi connectivity index (χ1) is 15.7. The van der Waals surface area contributed by atoms with E-state index in [1.807, 2.05) is 78.2 Å². The van der Waals surface area contributed by atoms with Crippen molar-refractivity contribution in [3.05, 3.63) is 112 Å². The third-order valence-corrected chi connectivity index (χ3v) is 6.11. The van der Waals surface area contributed by atoms with E-state index in [9.17, 15) is 4.79 Å². The molecule has 0 atom stereocenters. The van der Waals surface area contributed by atoms with Gasteiger partial charge in [0.15, 0.2) is 0 Å². The van der Waals surface area contributed by atoms with Crippen LogP contribution in [-0.4, -0.2) is 10.9 Å². The lowest BCUT2D eigenvalue weighted by Gasteiger charge is -2.08. The number of benzene rings is 3. The van der Waals surface area contributed by atoms with Crippen molar-refractivity contribution in [1.29, 1.82) is 0 Å². The largest absolute Gasteiger partial charge is 0.372 e. The average molecular weight is 463 g/mol. The first kappa shape index (κ1) is 22.2. The van der Waals surface area contributed by atoms with Gasteiger partial charge in [-0.05, 0) is 22.8 Å².